The molecule has 0 unspecified atom stereocenters. The van der Waals surface area contributed by atoms with Crippen LogP contribution in [-0.2, 0) is 6.42 Å². The van der Waals surface area contributed by atoms with Crippen molar-refractivity contribution in [1.82, 2.24) is 14.6 Å². The van der Waals surface area contributed by atoms with Crippen molar-refractivity contribution < 1.29 is 18.3 Å². The fourth-order valence-corrected chi connectivity index (χ4v) is 2.78. The number of rotatable bonds is 7. The van der Waals surface area contributed by atoms with E-state index in [4.69, 9.17) is 18.3 Å². The fourth-order valence-electron chi connectivity index (χ4n) is 2.78. The standard InChI is InChI=1S/C19H21N3O4/c1-4-6-7-24-15-8-12(23-3)9-16-13(15)10-17(25-16)14-11-22-19(20-14)26-18(5-2)21-22/h8-11H,4-7H2,1-3H3. The lowest BCUT2D eigenvalue weighted by Crippen LogP contribution is -1.97. The number of fused-ring (bicyclic) bond motifs is 2. The molecule has 0 fully saturated rings. The van der Waals surface area contributed by atoms with E-state index in [1.165, 1.54) is 0 Å². The molecule has 1 aromatic carbocycles. The minimum absolute atomic E-state index is 0.453. The SMILES string of the molecule is CCCCOc1cc(OC)cc2oc(-c3cn4nc(CC)oc4n3)cc12. The first-order valence-electron chi connectivity index (χ1n) is 8.81. The molecule has 0 amide bonds. The van der Waals surface area contributed by atoms with Crippen LogP contribution in [0.5, 0.6) is 11.5 Å². The van der Waals surface area contributed by atoms with Crippen LogP contribution in [0.2, 0.25) is 0 Å². The molecule has 0 aliphatic carbocycles. The summed E-state index contributed by atoms with van der Waals surface area (Å²) in [4.78, 5) is 4.46. The third-order valence-electron chi connectivity index (χ3n) is 4.20. The van der Waals surface area contributed by atoms with Crippen molar-refractivity contribution in [2.24, 2.45) is 0 Å². The Morgan fingerprint density at radius 3 is 2.77 bits per heavy atom. The van der Waals surface area contributed by atoms with Crippen LogP contribution in [0.15, 0.2) is 33.2 Å². The lowest BCUT2D eigenvalue weighted by atomic mass is 10.2. The van der Waals surface area contributed by atoms with Crippen LogP contribution in [0.3, 0.4) is 0 Å². The highest BCUT2D eigenvalue weighted by atomic mass is 16.5. The highest BCUT2D eigenvalue weighted by Gasteiger charge is 2.17. The van der Waals surface area contributed by atoms with E-state index in [1.54, 1.807) is 17.8 Å². The molecule has 3 aromatic heterocycles. The zero-order valence-corrected chi connectivity index (χ0v) is 15.1. The van der Waals surface area contributed by atoms with Gasteiger partial charge in [-0.15, -0.1) is 5.10 Å². The summed E-state index contributed by atoms with van der Waals surface area (Å²) < 4.78 is 24.5. The van der Waals surface area contributed by atoms with E-state index >= 15 is 0 Å². The van der Waals surface area contributed by atoms with Gasteiger partial charge in [0.1, 0.15) is 22.8 Å². The van der Waals surface area contributed by atoms with Crippen molar-refractivity contribution in [1.29, 1.82) is 0 Å². The first kappa shape index (κ1) is 16.5. The number of hydrogen-bond acceptors (Lipinski definition) is 6. The van der Waals surface area contributed by atoms with Gasteiger partial charge < -0.3 is 18.3 Å². The lowest BCUT2D eigenvalue weighted by Gasteiger charge is -2.08. The number of unbranched alkanes of at least 4 members (excludes halogenated alkanes) is 1. The van der Waals surface area contributed by atoms with E-state index in [-0.39, 0.29) is 0 Å². The van der Waals surface area contributed by atoms with Crippen LogP contribution in [-0.4, -0.2) is 28.3 Å². The van der Waals surface area contributed by atoms with Crippen LogP contribution in [0, 0.1) is 0 Å². The highest BCUT2D eigenvalue weighted by Crippen LogP contribution is 2.36. The molecule has 4 aromatic rings. The fraction of sp³-hybridized carbons (Fsp3) is 0.368. The number of furan rings is 1. The number of methoxy groups -OCH3 is 1. The molecular weight excluding hydrogens is 334 g/mol. The van der Waals surface area contributed by atoms with Gasteiger partial charge in [0.2, 0.25) is 5.89 Å². The van der Waals surface area contributed by atoms with Crippen molar-refractivity contribution in [3.8, 4) is 23.0 Å². The van der Waals surface area contributed by atoms with Gasteiger partial charge in [0.15, 0.2) is 5.76 Å². The third kappa shape index (κ3) is 2.89. The molecule has 0 aliphatic heterocycles. The van der Waals surface area contributed by atoms with Crippen LogP contribution < -0.4 is 9.47 Å². The molecule has 0 spiro atoms. The van der Waals surface area contributed by atoms with E-state index in [0.29, 0.717) is 41.1 Å². The second kappa shape index (κ2) is 6.74. The van der Waals surface area contributed by atoms with Crippen molar-refractivity contribution in [2.45, 2.75) is 33.1 Å². The molecule has 0 aliphatic rings. The number of aromatic nitrogens is 3. The Kier molecular flexibility index (Phi) is 4.28. The topological polar surface area (TPSA) is 74.9 Å². The second-order valence-electron chi connectivity index (χ2n) is 6.05. The predicted octanol–water partition coefficient (Wildman–Crippen LogP) is 4.49. The monoisotopic (exact) mass is 355 g/mol. The molecule has 3 heterocycles. The largest absolute Gasteiger partial charge is 0.496 e. The number of aryl methyl sites for hydroxylation is 1. The molecule has 7 heteroatoms. The predicted molar refractivity (Wildman–Crippen MR) is 96.8 cm³/mol. The average Bonchev–Trinajstić information content (AvgIpc) is 3.33. The Morgan fingerprint density at radius 1 is 1.15 bits per heavy atom. The third-order valence-corrected chi connectivity index (χ3v) is 4.20. The molecule has 0 saturated carbocycles. The van der Waals surface area contributed by atoms with Crippen LogP contribution in [0.4, 0.5) is 0 Å². The molecule has 4 rings (SSSR count). The average molecular weight is 355 g/mol. The summed E-state index contributed by atoms with van der Waals surface area (Å²) in [5, 5.41) is 5.22. The zero-order chi connectivity index (χ0) is 18.1. The van der Waals surface area contributed by atoms with Gasteiger partial charge in [0.25, 0.3) is 0 Å². The molecule has 0 saturated heterocycles. The van der Waals surface area contributed by atoms with Crippen molar-refractivity contribution >= 4 is 16.8 Å². The van der Waals surface area contributed by atoms with Gasteiger partial charge in [-0.25, -0.2) is 0 Å². The maximum atomic E-state index is 5.99. The van der Waals surface area contributed by atoms with Crippen LogP contribution in [0.1, 0.15) is 32.6 Å². The van der Waals surface area contributed by atoms with Gasteiger partial charge in [0.05, 0.1) is 25.3 Å². The molecule has 26 heavy (non-hydrogen) atoms. The van der Waals surface area contributed by atoms with Gasteiger partial charge in [0, 0.05) is 18.6 Å². The number of ether oxygens (including phenoxy) is 2. The molecule has 0 radical (unpaired) electrons. The molecule has 0 bridgehead atoms. The van der Waals surface area contributed by atoms with Crippen LogP contribution in [0.25, 0.3) is 28.3 Å². The first-order chi connectivity index (χ1) is 12.7. The van der Waals surface area contributed by atoms with Gasteiger partial charge in [-0.2, -0.15) is 9.50 Å². The molecular formula is C19H21N3O4. The summed E-state index contributed by atoms with van der Waals surface area (Å²) in [7, 11) is 1.63. The Balaban J connectivity index is 1.74. The summed E-state index contributed by atoms with van der Waals surface area (Å²) in [5.41, 5.74) is 1.35. The van der Waals surface area contributed by atoms with Crippen molar-refractivity contribution in [2.75, 3.05) is 13.7 Å². The molecule has 136 valence electrons. The summed E-state index contributed by atoms with van der Waals surface area (Å²) >= 11 is 0. The number of imidazole rings is 1. The second-order valence-corrected chi connectivity index (χ2v) is 6.05. The quantitative estimate of drug-likeness (QED) is 0.455. The maximum Gasteiger partial charge on any atom is 0.325 e. The minimum Gasteiger partial charge on any atom is -0.496 e. The van der Waals surface area contributed by atoms with Crippen molar-refractivity contribution in [3.05, 3.63) is 30.3 Å². The minimum atomic E-state index is 0.453. The van der Waals surface area contributed by atoms with E-state index < -0.39 is 0 Å². The van der Waals surface area contributed by atoms with E-state index in [9.17, 15) is 0 Å². The zero-order valence-electron chi connectivity index (χ0n) is 15.1. The summed E-state index contributed by atoms with van der Waals surface area (Å²) in [6.07, 6.45) is 4.59. The lowest BCUT2D eigenvalue weighted by molar-refractivity contribution is 0.310. The van der Waals surface area contributed by atoms with Crippen molar-refractivity contribution in [3.63, 3.8) is 0 Å². The van der Waals surface area contributed by atoms with Crippen LogP contribution >= 0.6 is 0 Å². The Morgan fingerprint density at radius 2 is 2.04 bits per heavy atom. The summed E-state index contributed by atoms with van der Waals surface area (Å²) in [6.45, 7) is 4.77. The van der Waals surface area contributed by atoms with E-state index in [0.717, 1.165) is 30.4 Å². The normalized spacial score (nSPS) is 11.5. The molecule has 0 atom stereocenters. The number of hydrogen-bond donors (Lipinski definition) is 0. The number of benzene rings is 1. The summed E-state index contributed by atoms with van der Waals surface area (Å²) in [5.74, 6) is 3.18. The highest BCUT2D eigenvalue weighted by molar-refractivity contribution is 5.89. The molecule has 7 nitrogen and oxygen atoms in total. The smallest absolute Gasteiger partial charge is 0.325 e. The van der Waals surface area contributed by atoms with Gasteiger partial charge in [-0.3, -0.25) is 0 Å². The Labute approximate surface area is 150 Å². The van der Waals surface area contributed by atoms with E-state index in [1.807, 2.05) is 25.1 Å². The Hall–Kier alpha value is -2.96. The van der Waals surface area contributed by atoms with Gasteiger partial charge in [-0.05, 0) is 12.5 Å². The van der Waals surface area contributed by atoms with Gasteiger partial charge in [-0.1, -0.05) is 20.3 Å². The van der Waals surface area contributed by atoms with Gasteiger partial charge >= 0.3 is 5.84 Å². The maximum absolute atomic E-state index is 5.99. The van der Waals surface area contributed by atoms with E-state index in [2.05, 4.69) is 17.0 Å². The summed E-state index contributed by atoms with van der Waals surface area (Å²) in [6, 6.07) is 5.66. The Bertz CT molecular complexity index is 1010. The first-order valence-corrected chi connectivity index (χ1v) is 8.81. The number of nitrogens with zero attached hydrogens (tertiary/aromatic N) is 3. The molecule has 0 N–H and O–H groups in total.